The number of amides is 1. The lowest BCUT2D eigenvalue weighted by Gasteiger charge is -2.22. The molecule has 2 aromatic carbocycles. The number of aromatic nitrogens is 3. The zero-order valence-corrected chi connectivity index (χ0v) is 16.1. The van der Waals surface area contributed by atoms with Gasteiger partial charge in [-0.15, -0.1) is 0 Å². The van der Waals surface area contributed by atoms with Crippen LogP contribution in [0.3, 0.4) is 0 Å². The van der Waals surface area contributed by atoms with Crippen molar-refractivity contribution in [1.82, 2.24) is 24.6 Å². The third-order valence-corrected chi connectivity index (χ3v) is 5.16. The first-order valence-corrected chi connectivity index (χ1v) is 9.69. The van der Waals surface area contributed by atoms with Crippen LogP contribution in [-0.2, 0) is 6.54 Å². The van der Waals surface area contributed by atoms with Crippen LogP contribution in [0.25, 0.3) is 5.69 Å². The van der Waals surface area contributed by atoms with E-state index in [0.29, 0.717) is 17.7 Å². The number of hydrogen-bond donors (Lipinski definition) is 0. The summed E-state index contributed by atoms with van der Waals surface area (Å²) in [4.78, 5) is 21.2. The van der Waals surface area contributed by atoms with Crippen molar-refractivity contribution in [2.45, 2.75) is 13.0 Å². The minimum absolute atomic E-state index is 0.0652. The van der Waals surface area contributed by atoms with Crippen molar-refractivity contribution in [2.75, 3.05) is 26.2 Å². The predicted octanol–water partition coefficient (Wildman–Crippen LogP) is 2.49. The van der Waals surface area contributed by atoms with Crippen molar-refractivity contribution in [1.29, 1.82) is 5.26 Å². The van der Waals surface area contributed by atoms with Gasteiger partial charge in [-0.1, -0.05) is 12.1 Å². The first-order chi connectivity index (χ1) is 14.2. The van der Waals surface area contributed by atoms with E-state index in [1.807, 2.05) is 53.4 Å². The topological polar surface area (TPSA) is 78.0 Å². The van der Waals surface area contributed by atoms with Crippen LogP contribution >= 0.6 is 0 Å². The van der Waals surface area contributed by atoms with E-state index in [1.54, 1.807) is 11.0 Å². The Kier molecular flexibility index (Phi) is 5.63. The molecule has 2 heterocycles. The molecule has 1 fully saturated rings. The van der Waals surface area contributed by atoms with Crippen LogP contribution < -0.4 is 0 Å². The van der Waals surface area contributed by atoms with Crippen molar-refractivity contribution in [3.05, 3.63) is 77.9 Å². The molecule has 146 valence electrons. The lowest BCUT2D eigenvalue weighted by molar-refractivity contribution is 0.0761. The first kappa shape index (κ1) is 18.8. The Morgan fingerprint density at radius 3 is 2.48 bits per heavy atom. The van der Waals surface area contributed by atoms with E-state index in [0.717, 1.165) is 38.3 Å². The van der Waals surface area contributed by atoms with Gasteiger partial charge in [0, 0.05) is 38.3 Å². The predicted molar refractivity (Wildman–Crippen MR) is 108 cm³/mol. The molecular formula is C22H22N6O. The van der Waals surface area contributed by atoms with Gasteiger partial charge in [0.25, 0.3) is 5.91 Å². The van der Waals surface area contributed by atoms with Gasteiger partial charge < -0.3 is 4.90 Å². The number of nitrogens with zero attached hydrogens (tertiary/aromatic N) is 6. The van der Waals surface area contributed by atoms with Crippen LogP contribution in [0.1, 0.15) is 27.9 Å². The number of hydrogen-bond acceptors (Lipinski definition) is 5. The number of carbonyl (C=O) groups is 1. The molecule has 1 amide bonds. The molecule has 0 atom stereocenters. The Morgan fingerprint density at radius 2 is 1.79 bits per heavy atom. The third kappa shape index (κ3) is 4.50. The Labute approximate surface area is 169 Å². The highest BCUT2D eigenvalue weighted by atomic mass is 16.2. The summed E-state index contributed by atoms with van der Waals surface area (Å²) in [6, 6.07) is 17.3. The van der Waals surface area contributed by atoms with Gasteiger partial charge in [0.1, 0.15) is 12.7 Å². The van der Waals surface area contributed by atoms with Crippen LogP contribution in [0.2, 0.25) is 0 Å². The van der Waals surface area contributed by atoms with Crippen LogP contribution in [0, 0.1) is 11.3 Å². The second kappa shape index (κ2) is 8.67. The lowest BCUT2D eigenvalue weighted by Crippen LogP contribution is -2.35. The molecule has 29 heavy (non-hydrogen) atoms. The molecule has 1 aromatic heterocycles. The van der Waals surface area contributed by atoms with Crippen molar-refractivity contribution < 1.29 is 4.79 Å². The number of carbonyl (C=O) groups excluding carboxylic acids is 1. The SMILES string of the molecule is N#Cc1ccc(CN2CCCN(C(=O)c3ccc(-n4cncn4)cc3)CC2)cc1. The van der Waals surface area contributed by atoms with Crippen LogP contribution in [0.15, 0.2) is 61.2 Å². The molecule has 1 saturated heterocycles. The fourth-order valence-corrected chi connectivity index (χ4v) is 3.56. The number of benzene rings is 2. The van der Waals surface area contributed by atoms with Gasteiger partial charge in [-0.25, -0.2) is 9.67 Å². The normalized spacial score (nSPS) is 14.9. The summed E-state index contributed by atoms with van der Waals surface area (Å²) >= 11 is 0. The number of nitriles is 1. The van der Waals surface area contributed by atoms with Crippen LogP contribution in [-0.4, -0.2) is 56.7 Å². The second-order valence-corrected chi connectivity index (χ2v) is 7.12. The standard InChI is InChI=1S/C22H22N6O/c23-14-18-2-4-19(5-3-18)15-26-10-1-11-27(13-12-26)22(29)20-6-8-21(9-7-20)28-17-24-16-25-28/h2-9,16-17H,1,10-13,15H2. The number of rotatable bonds is 4. The molecule has 0 N–H and O–H groups in total. The van der Waals surface area contributed by atoms with Crippen LogP contribution in [0.4, 0.5) is 0 Å². The van der Waals surface area contributed by atoms with E-state index in [9.17, 15) is 4.79 Å². The molecule has 0 radical (unpaired) electrons. The average molecular weight is 386 g/mol. The molecule has 7 nitrogen and oxygen atoms in total. The Morgan fingerprint density at radius 1 is 1.00 bits per heavy atom. The summed E-state index contributed by atoms with van der Waals surface area (Å²) in [5.41, 5.74) is 3.43. The van der Waals surface area contributed by atoms with E-state index in [2.05, 4.69) is 21.1 Å². The zero-order valence-electron chi connectivity index (χ0n) is 16.1. The summed E-state index contributed by atoms with van der Waals surface area (Å²) in [6.07, 6.45) is 4.06. The molecule has 0 saturated carbocycles. The fraction of sp³-hybridized carbons (Fsp3) is 0.273. The van der Waals surface area contributed by atoms with Gasteiger partial charge in [0.2, 0.25) is 0 Å². The van der Waals surface area contributed by atoms with E-state index in [4.69, 9.17) is 5.26 Å². The smallest absolute Gasteiger partial charge is 0.253 e. The summed E-state index contributed by atoms with van der Waals surface area (Å²) in [7, 11) is 0. The minimum atomic E-state index is 0.0652. The molecular weight excluding hydrogens is 364 g/mol. The maximum Gasteiger partial charge on any atom is 0.253 e. The highest BCUT2D eigenvalue weighted by Crippen LogP contribution is 2.14. The van der Waals surface area contributed by atoms with Crippen molar-refractivity contribution in [3.63, 3.8) is 0 Å². The van der Waals surface area contributed by atoms with E-state index in [1.165, 1.54) is 11.9 Å². The largest absolute Gasteiger partial charge is 0.337 e. The van der Waals surface area contributed by atoms with Gasteiger partial charge in [-0.2, -0.15) is 10.4 Å². The lowest BCUT2D eigenvalue weighted by atomic mass is 10.1. The minimum Gasteiger partial charge on any atom is -0.337 e. The maximum absolute atomic E-state index is 12.9. The highest BCUT2D eigenvalue weighted by molar-refractivity contribution is 5.94. The first-order valence-electron chi connectivity index (χ1n) is 9.69. The molecule has 0 aliphatic carbocycles. The fourth-order valence-electron chi connectivity index (χ4n) is 3.56. The van der Waals surface area contributed by atoms with E-state index in [-0.39, 0.29) is 5.91 Å². The Balaban J connectivity index is 1.36. The summed E-state index contributed by atoms with van der Waals surface area (Å²) in [5.74, 6) is 0.0652. The van der Waals surface area contributed by atoms with Gasteiger partial charge >= 0.3 is 0 Å². The van der Waals surface area contributed by atoms with Gasteiger partial charge in [-0.05, 0) is 48.4 Å². The molecule has 0 spiro atoms. The van der Waals surface area contributed by atoms with E-state index < -0.39 is 0 Å². The van der Waals surface area contributed by atoms with Crippen molar-refractivity contribution >= 4 is 5.91 Å². The Hall–Kier alpha value is -3.50. The highest BCUT2D eigenvalue weighted by Gasteiger charge is 2.20. The molecule has 4 rings (SSSR count). The average Bonchev–Trinajstić information content (AvgIpc) is 3.21. The molecule has 7 heteroatoms. The van der Waals surface area contributed by atoms with E-state index >= 15 is 0 Å². The van der Waals surface area contributed by atoms with Gasteiger partial charge in [-0.3, -0.25) is 9.69 Å². The van der Waals surface area contributed by atoms with Gasteiger partial charge in [0.05, 0.1) is 17.3 Å². The summed E-state index contributed by atoms with van der Waals surface area (Å²) in [6.45, 7) is 4.09. The zero-order chi connectivity index (χ0) is 20.1. The monoisotopic (exact) mass is 386 g/mol. The van der Waals surface area contributed by atoms with Crippen LogP contribution in [0.5, 0.6) is 0 Å². The van der Waals surface area contributed by atoms with Crippen molar-refractivity contribution in [2.24, 2.45) is 0 Å². The molecule has 1 aliphatic rings. The summed E-state index contributed by atoms with van der Waals surface area (Å²) in [5, 5.41) is 13.0. The second-order valence-electron chi connectivity index (χ2n) is 7.12. The molecule has 0 bridgehead atoms. The molecule has 3 aromatic rings. The molecule has 1 aliphatic heterocycles. The molecule has 0 unspecified atom stereocenters. The maximum atomic E-state index is 12.9. The van der Waals surface area contributed by atoms with Gasteiger partial charge in [0.15, 0.2) is 0 Å². The quantitative estimate of drug-likeness (QED) is 0.688. The Bertz CT molecular complexity index is 989. The third-order valence-electron chi connectivity index (χ3n) is 5.16. The van der Waals surface area contributed by atoms with Crippen molar-refractivity contribution in [3.8, 4) is 11.8 Å². The summed E-state index contributed by atoms with van der Waals surface area (Å²) < 4.78 is 1.67.